The first-order chi connectivity index (χ1) is 35.0. The summed E-state index contributed by atoms with van der Waals surface area (Å²) in [7, 11) is 4.00. The van der Waals surface area contributed by atoms with Gasteiger partial charge >= 0.3 is 54.7 Å². The second-order valence-corrected chi connectivity index (χ2v) is 11.8. The number of rotatable bonds is 21. The Labute approximate surface area is 482 Å². The van der Waals surface area contributed by atoms with E-state index >= 15 is 0 Å². The predicted octanol–water partition coefficient (Wildman–Crippen LogP) is 23.3. The molecule has 0 aliphatic heterocycles. The molecule has 0 heterocycles. The van der Waals surface area contributed by atoms with Gasteiger partial charge in [-0.2, -0.15) is 83.4 Å². The van der Waals surface area contributed by atoms with Crippen LogP contribution in [-0.2, 0) is 23.9 Å². The molecule has 0 aromatic rings. The molecule has 0 aromatic carbocycles. The summed E-state index contributed by atoms with van der Waals surface area (Å²) in [4.78, 5) is 1.88. The molecule has 0 aliphatic rings. The minimum absolute atomic E-state index is 0. The van der Waals surface area contributed by atoms with Gasteiger partial charge in [0.1, 0.15) is 32.7 Å². The van der Waals surface area contributed by atoms with E-state index in [9.17, 15) is 176 Å². The fourth-order valence-corrected chi connectivity index (χ4v) is 2.06. The third-order valence-corrected chi connectivity index (χ3v) is 4.37. The van der Waals surface area contributed by atoms with Crippen LogP contribution < -0.4 is 0 Å². The molecule has 0 saturated heterocycles. The van der Waals surface area contributed by atoms with Gasteiger partial charge in [0.05, 0.1) is 57.4 Å². The predicted molar refractivity (Wildman–Crippen MR) is 252 cm³/mol. The van der Waals surface area contributed by atoms with E-state index in [1.54, 1.807) is 0 Å². The molecule has 45 heteroatoms. The van der Waals surface area contributed by atoms with Gasteiger partial charge in [-0.15, -0.1) is 4.94 Å². The first-order valence-electron chi connectivity index (χ1n) is 17.8. The SMILES string of the molecule is C.C.C.C.C.C.C.C.CC(F)(F)CC(F)(F)OC(F)(F)CF.CC(F)(F)COC(F)(F)C(F)(F)C(F)(F)CF.CC(F)(F)COC(F)(F)CC(F)(F)F.CC(F)(F)COC(F)(F)CF.CF.CF.CF.CF.CF.CF.CF.CF.FCC(F)(F)OF. The molecule has 0 bridgehead atoms. The van der Waals surface area contributed by atoms with Crippen molar-refractivity contribution in [1.82, 2.24) is 0 Å². The summed E-state index contributed by atoms with van der Waals surface area (Å²) in [5.74, 6) is -26.7. The Balaban J connectivity index is -0.0000000308. The van der Waals surface area contributed by atoms with Gasteiger partial charge in [-0.3, -0.25) is 39.9 Å². The van der Waals surface area contributed by atoms with Crippen molar-refractivity contribution in [3.8, 4) is 0 Å². The summed E-state index contributed by atoms with van der Waals surface area (Å²) in [5.41, 5.74) is 0. The number of ether oxygens (including phenoxy) is 4. The van der Waals surface area contributed by atoms with Crippen LogP contribution in [-0.4, -0.2) is 182 Å². The second-order valence-electron chi connectivity index (χ2n) is 11.8. The Bertz CT molecular complexity index is 1220. The topological polar surface area (TPSA) is 46.2 Å². The molecule has 564 valence electrons. The summed E-state index contributed by atoms with van der Waals surface area (Å²) < 4.78 is 465. The molecule has 0 unspecified atom stereocenters. The number of hydrogen-bond donors (Lipinski definition) is 0. The van der Waals surface area contributed by atoms with Crippen molar-refractivity contribution in [3.63, 3.8) is 0 Å². The van der Waals surface area contributed by atoms with Crippen LogP contribution >= 0.6 is 0 Å². The van der Waals surface area contributed by atoms with Crippen LogP contribution in [0.25, 0.3) is 0 Å². The average Bonchev–Trinajstić information content (AvgIpc) is 3.33. The van der Waals surface area contributed by atoms with Crippen molar-refractivity contribution in [2.75, 3.05) is 104 Å². The van der Waals surface area contributed by atoms with Gasteiger partial charge in [0.2, 0.25) is 0 Å². The highest BCUT2D eigenvalue weighted by Gasteiger charge is 2.73. The van der Waals surface area contributed by atoms with Crippen LogP contribution in [0.15, 0.2) is 0 Å². The van der Waals surface area contributed by atoms with Gasteiger partial charge in [-0.1, -0.05) is 59.4 Å². The monoisotopic (exact) mass is 1430 g/mol. The van der Waals surface area contributed by atoms with Crippen LogP contribution in [0.2, 0.25) is 0 Å². The van der Waals surface area contributed by atoms with Crippen LogP contribution in [0, 0.1) is 0 Å². The first-order valence-corrected chi connectivity index (χ1v) is 17.8. The minimum Gasteiger partial charge on any atom is -0.314 e. The van der Waals surface area contributed by atoms with Crippen LogP contribution in [0.5, 0.6) is 0 Å². The lowest BCUT2D eigenvalue weighted by molar-refractivity contribution is -0.405. The zero-order chi connectivity index (χ0) is 68.4. The molecule has 0 amide bonds. The van der Waals surface area contributed by atoms with E-state index in [2.05, 4.69) is 18.9 Å². The zero-order valence-corrected chi connectivity index (χ0v) is 42.0. The maximum absolute atomic E-state index is 12.5. The van der Waals surface area contributed by atoms with Gasteiger partial charge in [0.25, 0.3) is 23.7 Å². The smallest absolute Gasteiger partial charge is 0.314 e. The van der Waals surface area contributed by atoms with E-state index in [0.717, 1.165) is 0 Å². The van der Waals surface area contributed by atoms with E-state index in [0.29, 0.717) is 64.3 Å². The van der Waals surface area contributed by atoms with Crippen LogP contribution in [0.3, 0.4) is 0 Å². The lowest BCUT2D eigenvalue weighted by Gasteiger charge is -2.31. The number of alkyl halides is 39. The molecule has 0 fully saturated rings. The molecule has 0 aromatic heterocycles. The van der Waals surface area contributed by atoms with Gasteiger partial charge in [0, 0.05) is 20.8 Å². The van der Waals surface area contributed by atoms with Crippen LogP contribution in [0.1, 0.15) is 99.9 Å². The average molecular weight is 1430 g/mol. The highest BCUT2D eigenvalue weighted by atomic mass is 19.4. The summed E-state index contributed by atoms with van der Waals surface area (Å²) >= 11 is 0. The van der Waals surface area contributed by atoms with E-state index in [1.165, 1.54) is 0 Å². The minimum atomic E-state index is -6.24. The highest BCUT2D eigenvalue weighted by Crippen LogP contribution is 2.47. The molecule has 0 atom stereocenters. The van der Waals surface area contributed by atoms with Gasteiger partial charge in [0.15, 0.2) is 26.7 Å². The standard InChI is InChI=1S/C7H7F9O.2C6H7F7O.C5H7F5O.C2H2F4O.8CH3F.8CH4/c1-4(9,10)3-17-7(15,16)6(13,14)5(11,12)2-8;1-4(7,8)3-14-6(12,13)2-5(9,10)11;1-4(8,9)2-5(10,11)14-6(12,13)3-7;1-4(7,8)3-11-5(9,10)2-6;3-1-2(4,5)7-6;8*1-2;;;;;;;;/h2-3H2,1H3;2*2-3H2,1H3;2-3H2,1H3;1H2;8*1H3;8*1H4. The number of halogens is 40. The summed E-state index contributed by atoms with van der Waals surface area (Å²) in [5, 5.41) is 0. The largest absolute Gasteiger partial charge is 0.426 e. The maximum atomic E-state index is 12.5. The Kier molecular flexibility index (Phi) is 118. The quantitative estimate of drug-likeness (QED) is 0.107. The van der Waals surface area contributed by atoms with Gasteiger partial charge in [-0.25, -0.2) is 52.7 Å². The van der Waals surface area contributed by atoms with Crippen molar-refractivity contribution in [1.29, 1.82) is 0 Å². The summed E-state index contributed by atoms with van der Waals surface area (Å²) in [6, 6.07) is 0. The maximum Gasteiger partial charge on any atom is 0.426 e. The summed E-state index contributed by atoms with van der Waals surface area (Å²) in [6.07, 6.45) is -38.4. The van der Waals surface area contributed by atoms with Crippen molar-refractivity contribution in [2.24, 2.45) is 0 Å². The summed E-state index contributed by atoms with van der Waals surface area (Å²) in [6.45, 7) is -14.4. The second kappa shape index (κ2) is 70.5. The van der Waals surface area contributed by atoms with Crippen molar-refractivity contribution < 1.29 is 200 Å². The normalized spacial score (nSPS) is 10.9. The molecule has 0 saturated carbocycles. The Hall–Kier alpha value is -3.00. The molecule has 87 heavy (non-hydrogen) atoms. The van der Waals surface area contributed by atoms with Crippen molar-refractivity contribution in [2.45, 2.75) is 178 Å². The Morgan fingerprint density at radius 3 is 0.667 bits per heavy atom. The number of hydrogen-bond acceptors (Lipinski definition) is 5. The molecule has 0 aliphatic carbocycles. The van der Waals surface area contributed by atoms with Crippen molar-refractivity contribution in [3.05, 3.63) is 0 Å². The molecule has 0 rings (SSSR count). The molecule has 0 radical (unpaired) electrons. The van der Waals surface area contributed by atoms with E-state index < -0.39 is 138 Å². The molecular weight excluding hydrogens is 1340 g/mol. The van der Waals surface area contributed by atoms with Gasteiger partial charge in [-0.05, 0) is 11.4 Å². The molecule has 0 N–H and O–H groups in total. The molecular formula is C42H86F40O5. The van der Waals surface area contributed by atoms with Crippen molar-refractivity contribution >= 4 is 0 Å². The van der Waals surface area contributed by atoms with E-state index in [1.807, 2.05) is 4.94 Å². The zero-order valence-electron chi connectivity index (χ0n) is 42.0. The fraction of sp³-hybridized carbons (Fsp3) is 1.00. The van der Waals surface area contributed by atoms with Gasteiger partial charge < -0.3 is 14.2 Å². The third-order valence-electron chi connectivity index (χ3n) is 4.37. The van der Waals surface area contributed by atoms with Crippen LogP contribution in [0.4, 0.5) is 176 Å². The molecule has 5 nitrogen and oxygen atoms in total. The lowest BCUT2D eigenvalue weighted by Crippen LogP contribution is -2.57. The van der Waals surface area contributed by atoms with E-state index in [4.69, 9.17) is 0 Å². The molecule has 0 spiro atoms. The van der Waals surface area contributed by atoms with E-state index in [-0.39, 0.29) is 80.2 Å². The Morgan fingerprint density at radius 2 is 0.494 bits per heavy atom. The lowest BCUT2D eigenvalue weighted by atomic mass is 10.1. The first kappa shape index (κ1) is 146. The third kappa shape index (κ3) is 114. The Morgan fingerprint density at radius 1 is 0.264 bits per heavy atom. The fourth-order valence-electron chi connectivity index (χ4n) is 2.06. The highest BCUT2D eigenvalue weighted by molar-refractivity contribution is 4.91.